The summed E-state index contributed by atoms with van der Waals surface area (Å²) in [5.41, 5.74) is 2.34. The molecule has 0 unspecified atom stereocenters. The van der Waals surface area contributed by atoms with Gasteiger partial charge in [0, 0.05) is 5.33 Å². The Bertz CT molecular complexity index is 318. The number of rotatable bonds is 3. The molecule has 0 saturated heterocycles. The third-order valence-corrected chi connectivity index (χ3v) is 3.61. The minimum Gasteiger partial charge on any atom is -0.487 e. The molecular weight excluding hydrogens is 240 g/mol. The third-order valence-electron chi connectivity index (χ3n) is 2.26. The monoisotopic (exact) mass is 256 g/mol. The van der Waals surface area contributed by atoms with Crippen LogP contribution in [0.5, 0.6) is 5.75 Å². The molecule has 0 aliphatic heterocycles. The number of halogens is 1. The first kappa shape index (κ1) is 11.6. The highest BCUT2D eigenvalue weighted by Crippen LogP contribution is 2.25. The van der Waals surface area contributed by atoms with Gasteiger partial charge < -0.3 is 4.74 Å². The van der Waals surface area contributed by atoms with E-state index in [1.165, 1.54) is 11.1 Å². The van der Waals surface area contributed by atoms with E-state index >= 15 is 0 Å². The van der Waals surface area contributed by atoms with Crippen LogP contribution in [0.3, 0.4) is 0 Å². The highest BCUT2D eigenvalue weighted by atomic mass is 79.9. The van der Waals surface area contributed by atoms with Crippen molar-refractivity contribution in [1.29, 1.82) is 0 Å². The van der Waals surface area contributed by atoms with Crippen molar-refractivity contribution in [3.63, 3.8) is 0 Å². The number of hydrogen-bond donors (Lipinski definition) is 0. The number of aryl methyl sites for hydroxylation is 1. The smallest absolute Gasteiger partial charge is 0.123 e. The zero-order chi connectivity index (χ0) is 10.8. The quantitative estimate of drug-likeness (QED) is 0.747. The Labute approximate surface area is 94.6 Å². The van der Waals surface area contributed by atoms with Crippen LogP contribution >= 0.6 is 15.9 Å². The van der Waals surface area contributed by atoms with Crippen LogP contribution in [0.4, 0.5) is 0 Å². The molecule has 0 aromatic heterocycles. The first-order valence-electron chi connectivity index (χ1n) is 4.77. The Kier molecular flexibility index (Phi) is 3.59. The second-order valence-electron chi connectivity index (χ2n) is 4.19. The third kappa shape index (κ3) is 2.74. The molecule has 78 valence electrons. The van der Waals surface area contributed by atoms with Crippen LogP contribution in [-0.4, -0.2) is 10.9 Å². The summed E-state index contributed by atoms with van der Waals surface area (Å²) in [4.78, 5) is 0. The van der Waals surface area contributed by atoms with E-state index < -0.39 is 0 Å². The molecule has 0 saturated carbocycles. The predicted molar refractivity (Wildman–Crippen MR) is 64.4 cm³/mol. The van der Waals surface area contributed by atoms with E-state index in [0.29, 0.717) is 0 Å². The summed E-state index contributed by atoms with van der Waals surface area (Å²) in [6.07, 6.45) is 0. The molecule has 0 radical (unpaired) electrons. The van der Waals surface area contributed by atoms with Crippen LogP contribution in [0, 0.1) is 13.8 Å². The molecule has 0 aliphatic carbocycles. The summed E-state index contributed by atoms with van der Waals surface area (Å²) in [5, 5.41) is 0.827. The lowest BCUT2D eigenvalue weighted by Gasteiger charge is -2.25. The summed E-state index contributed by atoms with van der Waals surface area (Å²) in [6, 6.07) is 6.15. The maximum atomic E-state index is 5.92. The maximum absolute atomic E-state index is 5.92. The van der Waals surface area contributed by atoms with E-state index in [0.717, 1.165) is 11.1 Å². The van der Waals surface area contributed by atoms with Gasteiger partial charge in [-0.15, -0.1) is 0 Å². The van der Waals surface area contributed by atoms with Crippen molar-refractivity contribution < 1.29 is 4.74 Å². The zero-order valence-electron chi connectivity index (χ0n) is 9.23. The standard InChI is InChI=1S/C12H17BrO/c1-9-6-5-7-11(10(9)2)14-12(3,4)8-13/h5-7H,8H2,1-4H3. The van der Waals surface area contributed by atoms with Gasteiger partial charge in [-0.25, -0.2) is 0 Å². The van der Waals surface area contributed by atoms with Gasteiger partial charge in [0.05, 0.1) is 0 Å². The second-order valence-corrected chi connectivity index (χ2v) is 4.75. The summed E-state index contributed by atoms with van der Waals surface area (Å²) >= 11 is 3.45. The maximum Gasteiger partial charge on any atom is 0.123 e. The molecule has 0 bridgehead atoms. The highest BCUT2D eigenvalue weighted by molar-refractivity contribution is 9.09. The van der Waals surface area contributed by atoms with Crippen molar-refractivity contribution in [2.45, 2.75) is 33.3 Å². The molecule has 0 spiro atoms. The van der Waals surface area contributed by atoms with Crippen molar-refractivity contribution in [3.05, 3.63) is 29.3 Å². The van der Waals surface area contributed by atoms with Crippen molar-refractivity contribution >= 4 is 15.9 Å². The van der Waals surface area contributed by atoms with Crippen LogP contribution in [-0.2, 0) is 0 Å². The highest BCUT2D eigenvalue weighted by Gasteiger charge is 2.18. The van der Waals surface area contributed by atoms with E-state index in [9.17, 15) is 0 Å². The Morgan fingerprint density at radius 2 is 1.93 bits per heavy atom. The van der Waals surface area contributed by atoms with Gasteiger partial charge in [-0.2, -0.15) is 0 Å². The van der Waals surface area contributed by atoms with Crippen LogP contribution in [0.1, 0.15) is 25.0 Å². The molecule has 1 aromatic carbocycles. The van der Waals surface area contributed by atoms with Gasteiger partial charge in [0.25, 0.3) is 0 Å². The van der Waals surface area contributed by atoms with Crippen molar-refractivity contribution in [2.75, 3.05) is 5.33 Å². The molecular formula is C12H17BrO. The molecule has 0 aliphatic rings. The summed E-state index contributed by atoms with van der Waals surface area (Å²) in [7, 11) is 0. The molecule has 0 amide bonds. The number of hydrogen-bond acceptors (Lipinski definition) is 1. The van der Waals surface area contributed by atoms with Gasteiger partial charge in [-0.1, -0.05) is 28.1 Å². The summed E-state index contributed by atoms with van der Waals surface area (Å²) < 4.78 is 5.92. The Morgan fingerprint density at radius 3 is 2.50 bits per heavy atom. The van der Waals surface area contributed by atoms with Gasteiger partial charge in [0.2, 0.25) is 0 Å². The SMILES string of the molecule is Cc1cccc(OC(C)(C)CBr)c1C. The fourth-order valence-electron chi connectivity index (χ4n) is 1.16. The first-order chi connectivity index (χ1) is 6.46. The largest absolute Gasteiger partial charge is 0.487 e. The second kappa shape index (κ2) is 4.35. The molecule has 1 aromatic rings. The molecule has 0 N–H and O–H groups in total. The van der Waals surface area contributed by atoms with E-state index in [1.54, 1.807) is 0 Å². The van der Waals surface area contributed by atoms with E-state index in [1.807, 2.05) is 12.1 Å². The van der Waals surface area contributed by atoms with Crippen LogP contribution in [0.2, 0.25) is 0 Å². The summed E-state index contributed by atoms with van der Waals surface area (Å²) in [5.74, 6) is 0.981. The fraction of sp³-hybridized carbons (Fsp3) is 0.500. The minimum absolute atomic E-state index is 0.154. The van der Waals surface area contributed by atoms with Gasteiger partial charge in [0.15, 0.2) is 0 Å². The topological polar surface area (TPSA) is 9.23 Å². The van der Waals surface area contributed by atoms with Crippen molar-refractivity contribution in [3.8, 4) is 5.75 Å². The van der Waals surface area contributed by atoms with Crippen molar-refractivity contribution in [2.24, 2.45) is 0 Å². The van der Waals surface area contributed by atoms with Gasteiger partial charge >= 0.3 is 0 Å². The van der Waals surface area contributed by atoms with E-state index in [2.05, 4.69) is 49.7 Å². The van der Waals surface area contributed by atoms with Gasteiger partial charge in [-0.05, 0) is 44.9 Å². The van der Waals surface area contributed by atoms with Gasteiger partial charge in [-0.3, -0.25) is 0 Å². The van der Waals surface area contributed by atoms with Crippen LogP contribution in [0.15, 0.2) is 18.2 Å². The summed E-state index contributed by atoms with van der Waals surface area (Å²) in [6.45, 7) is 8.34. The Balaban J connectivity index is 2.92. The Morgan fingerprint density at radius 1 is 1.29 bits per heavy atom. The lowest BCUT2D eigenvalue weighted by Crippen LogP contribution is -2.30. The average Bonchev–Trinajstić information content (AvgIpc) is 2.13. The first-order valence-corrected chi connectivity index (χ1v) is 5.89. The molecule has 0 heterocycles. The molecule has 0 fully saturated rings. The number of ether oxygens (including phenoxy) is 1. The molecule has 0 atom stereocenters. The molecule has 1 nitrogen and oxygen atoms in total. The van der Waals surface area contributed by atoms with Gasteiger partial charge in [0.1, 0.15) is 11.4 Å². The molecule has 1 rings (SSSR count). The number of benzene rings is 1. The lowest BCUT2D eigenvalue weighted by molar-refractivity contribution is 0.136. The van der Waals surface area contributed by atoms with Crippen LogP contribution < -0.4 is 4.74 Å². The van der Waals surface area contributed by atoms with Crippen LogP contribution in [0.25, 0.3) is 0 Å². The minimum atomic E-state index is -0.154. The predicted octanol–water partition coefficient (Wildman–Crippen LogP) is 3.86. The normalized spacial score (nSPS) is 11.5. The Hall–Kier alpha value is -0.500. The fourth-order valence-corrected chi connectivity index (χ4v) is 1.27. The molecule has 2 heteroatoms. The molecule has 14 heavy (non-hydrogen) atoms. The number of alkyl halides is 1. The average molecular weight is 257 g/mol. The van der Waals surface area contributed by atoms with E-state index in [-0.39, 0.29) is 5.60 Å². The van der Waals surface area contributed by atoms with E-state index in [4.69, 9.17) is 4.74 Å². The van der Waals surface area contributed by atoms with Crippen molar-refractivity contribution in [1.82, 2.24) is 0 Å². The zero-order valence-corrected chi connectivity index (χ0v) is 10.8. The lowest BCUT2D eigenvalue weighted by atomic mass is 10.1.